The zero-order chi connectivity index (χ0) is 12.9. The van der Waals surface area contributed by atoms with Gasteiger partial charge in [-0.05, 0) is 34.8 Å². The number of methoxy groups -OCH3 is 1. The lowest BCUT2D eigenvalue weighted by atomic mass is 10.2. The van der Waals surface area contributed by atoms with Gasteiger partial charge in [-0.15, -0.1) is 11.3 Å². The van der Waals surface area contributed by atoms with Crippen LogP contribution in [0.1, 0.15) is 34.1 Å². The summed E-state index contributed by atoms with van der Waals surface area (Å²) in [4.78, 5) is 17.4. The van der Waals surface area contributed by atoms with E-state index >= 15 is 0 Å². The molecule has 0 spiro atoms. The number of esters is 1. The van der Waals surface area contributed by atoms with E-state index in [1.54, 1.807) is 0 Å². The number of hydrogen-bond acceptors (Lipinski definition) is 5. The Morgan fingerprint density at radius 2 is 2.33 bits per heavy atom. The van der Waals surface area contributed by atoms with Gasteiger partial charge in [-0.3, -0.25) is 0 Å². The number of carbonyl (C=O) groups excluding carboxylic acids is 1. The summed E-state index contributed by atoms with van der Waals surface area (Å²) in [5.74, 6) is 0.147. The van der Waals surface area contributed by atoms with Crippen LogP contribution in [0.2, 0.25) is 0 Å². The van der Waals surface area contributed by atoms with Crippen LogP contribution >= 0.6 is 27.3 Å². The van der Waals surface area contributed by atoms with Crippen molar-refractivity contribution in [2.24, 2.45) is 0 Å². The fourth-order valence-corrected chi connectivity index (χ4v) is 3.56. The zero-order valence-corrected chi connectivity index (χ0v) is 12.1. The number of ether oxygens (including phenoxy) is 1. The van der Waals surface area contributed by atoms with E-state index in [-0.39, 0.29) is 0 Å². The van der Waals surface area contributed by atoms with Crippen LogP contribution in [0.25, 0.3) is 10.2 Å². The van der Waals surface area contributed by atoms with Gasteiger partial charge in [-0.2, -0.15) is 0 Å². The number of aromatic nitrogens is 1. The van der Waals surface area contributed by atoms with Crippen LogP contribution in [0.5, 0.6) is 0 Å². The number of thiophene rings is 1. The predicted octanol–water partition coefficient (Wildman–Crippen LogP) is 3.31. The smallest absolute Gasteiger partial charge is 0.350 e. The van der Waals surface area contributed by atoms with E-state index in [0.29, 0.717) is 16.5 Å². The maximum atomic E-state index is 11.6. The molecule has 0 unspecified atom stereocenters. The molecule has 94 valence electrons. The Balaban J connectivity index is 2.20. The van der Waals surface area contributed by atoms with E-state index in [2.05, 4.69) is 20.9 Å². The Labute approximate surface area is 116 Å². The van der Waals surface area contributed by atoms with Gasteiger partial charge in [0.2, 0.25) is 0 Å². The number of halogens is 1. The average molecular weight is 327 g/mol. The molecule has 2 aromatic heterocycles. The van der Waals surface area contributed by atoms with Crippen LogP contribution in [0.15, 0.2) is 10.5 Å². The molecule has 3 rings (SSSR count). The van der Waals surface area contributed by atoms with Crippen LogP contribution in [-0.2, 0) is 4.74 Å². The van der Waals surface area contributed by atoms with Crippen molar-refractivity contribution in [3.05, 3.63) is 21.1 Å². The summed E-state index contributed by atoms with van der Waals surface area (Å²) in [5, 5.41) is 0.816. The number of nitrogens with two attached hydrogens (primary N) is 1. The van der Waals surface area contributed by atoms with Gasteiger partial charge >= 0.3 is 5.97 Å². The van der Waals surface area contributed by atoms with Gasteiger partial charge in [-0.1, -0.05) is 0 Å². The summed E-state index contributed by atoms with van der Waals surface area (Å²) < 4.78 is 5.69. The molecule has 1 aliphatic carbocycles. The molecule has 2 N–H and O–H groups in total. The molecule has 2 aromatic rings. The summed E-state index contributed by atoms with van der Waals surface area (Å²) >= 11 is 4.82. The van der Waals surface area contributed by atoms with Crippen LogP contribution in [-0.4, -0.2) is 18.1 Å². The predicted molar refractivity (Wildman–Crippen MR) is 75.0 cm³/mol. The third-order valence-corrected chi connectivity index (χ3v) is 4.77. The quantitative estimate of drug-likeness (QED) is 0.860. The second-order valence-corrected chi connectivity index (χ2v) is 6.17. The maximum absolute atomic E-state index is 11.6. The van der Waals surface area contributed by atoms with Crippen LogP contribution in [0, 0.1) is 0 Å². The van der Waals surface area contributed by atoms with E-state index < -0.39 is 5.97 Å². The standard InChI is InChI=1S/C12H11BrN2O2S/c1-17-12(16)10-8(14)6-4-7(13)9(5-2-3-5)15-11(6)18-10/h4-5H,2-3,14H2,1H3. The van der Waals surface area contributed by atoms with Crippen molar-refractivity contribution in [1.29, 1.82) is 0 Å². The highest BCUT2D eigenvalue weighted by Crippen LogP contribution is 2.44. The van der Waals surface area contributed by atoms with E-state index in [9.17, 15) is 4.79 Å². The molecule has 2 heterocycles. The van der Waals surface area contributed by atoms with Gasteiger partial charge in [0.05, 0.1) is 18.5 Å². The fourth-order valence-electron chi connectivity index (χ4n) is 1.92. The maximum Gasteiger partial charge on any atom is 0.350 e. The van der Waals surface area contributed by atoms with Crippen molar-refractivity contribution in [2.45, 2.75) is 18.8 Å². The van der Waals surface area contributed by atoms with E-state index in [1.807, 2.05) is 6.07 Å². The van der Waals surface area contributed by atoms with E-state index in [0.717, 1.165) is 20.4 Å². The Kier molecular flexibility index (Phi) is 2.79. The van der Waals surface area contributed by atoms with Crippen LogP contribution in [0.4, 0.5) is 5.69 Å². The average Bonchev–Trinajstić information content (AvgIpc) is 3.15. The zero-order valence-electron chi connectivity index (χ0n) is 9.70. The van der Waals surface area contributed by atoms with Gasteiger partial charge in [0, 0.05) is 15.8 Å². The van der Waals surface area contributed by atoms with E-state index in [4.69, 9.17) is 10.5 Å². The second-order valence-electron chi connectivity index (χ2n) is 4.32. The molecular formula is C12H11BrN2O2S. The lowest BCUT2D eigenvalue weighted by Gasteiger charge is -2.01. The minimum Gasteiger partial charge on any atom is -0.465 e. The number of hydrogen-bond donors (Lipinski definition) is 1. The Morgan fingerprint density at radius 3 is 2.94 bits per heavy atom. The number of fused-ring (bicyclic) bond motifs is 1. The number of rotatable bonds is 2. The largest absolute Gasteiger partial charge is 0.465 e. The normalized spacial score (nSPS) is 15.0. The summed E-state index contributed by atoms with van der Waals surface area (Å²) in [6.07, 6.45) is 2.36. The molecule has 0 aliphatic heterocycles. The molecule has 0 saturated heterocycles. The molecule has 18 heavy (non-hydrogen) atoms. The number of pyridine rings is 1. The fraction of sp³-hybridized carbons (Fsp3) is 0.333. The monoisotopic (exact) mass is 326 g/mol. The molecule has 0 bridgehead atoms. The van der Waals surface area contributed by atoms with Crippen LogP contribution < -0.4 is 5.73 Å². The van der Waals surface area contributed by atoms with Crippen molar-refractivity contribution >= 4 is 49.1 Å². The van der Waals surface area contributed by atoms with Gasteiger partial charge in [0.1, 0.15) is 9.71 Å². The molecule has 4 nitrogen and oxygen atoms in total. The Bertz CT molecular complexity index is 649. The van der Waals surface area contributed by atoms with Crippen molar-refractivity contribution in [2.75, 3.05) is 12.8 Å². The van der Waals surface area contributed by atoms with Crippen LogP contribution in [0.3, 0.4) is 0 Å². The minimum absolute atomic E-state index is 0.403. The first-order valence-electron chi connectivity index (χ1n) is 5.58. The molecule has 1 fully saturated rings. The summed E-state index contributed by atoms with van der Waals surface area (Å²) in [6, 6.07) is 1.95. The Hall–Kier alpha value is -1.14. The van der Waals surface area contributed by atoms with E-state index in [1.165, 1.54) is 31.3 Å². The highest BCUT2D eigenvalue weighted by Gasteiger charge is 2.28. The first-order chi connectivity index (χ1) is 8.61. The molecule has 0 radical (unpaired) electrons. The van der Waals surface area contributed by atoms with Crippen molar-refractivity contribution in [3.63, 3.8) is 0 Å². The molecule has 0 amide bonds. The number of carbonyl (C=O) groups is 1. The summed E-state index contributed by atoms with van der Waals surface area (Å²) in [6.45, 7) is 0. The van der Waals surface area contributed by atoms with Gasteiger partial charge in [-0.25, -0.2) is 9.78 Å². The molecule has 6 heteroatoms. The summed E-state index contributed by atoms with van der Waals surface area (Å²) in [7, 11) is 1.35. The lowest BCUT2D eigenvalue weighted by molar-refractivity contribution is 0.0607. The SMILES string of the molecule is COC(=O)c1sc2nc(C3CC3)c(Br)cc2c1N. The molecule has 0 aromatic carbocycles. The molecule has 1 saturated carbocycles. The highest BCUT2D eigenvalue weighted by atomic mass is 79.9. The number of nitrogen functional groups attached to an aromatic ring is 1. The highest BCUT2D eigenvalue weighted by molar-refractivity contribution is 9.10. The third kappa shape index (κ3) is 1.80. The van der Waals surface area contributed by atoms with Gasteiger partial charge < -0.3 is 10.5 Å². The van der Waals surface area contributed by atoms with Crippen molar-refractivity contribution < 1.29 is 9.53 Å². The van der Waals surface area contributed by atoms with Crippen molar-refractivity contribution in [3.8, 4) is 0 Å². The van der Waals surface area contributed by atoms with Gasteiger partial charge in [0.25, 0.3) is 0 Å². The molecule has 1 aliphatic rings. The van der Waals surface area contributed by atoms with Crippen molar-refractivity contribution in [1.82, 2.24) is 4.98 Å². The van der Waals surface area contributed by atoms with Gasteiger partial charge in [0.15, 0.2) is 0 Å². The first kappa shape index (κ1) is 11.9. The number of nitrogens with zero attached hydrogens (tertiary/aromatic N) is 1. The molecule has 0 atom stereocenters. The second kappa shape index (κ2) is 4.20. The Morgan fingerprint density at radius 1 is 1.61 bits per heavy atom. The lowest BCUT2D eigenvalue weighted by Crippen LogP contribution is -2.01. The summed E-state index contributed by atoms with van der Waals surface area (Å²) in [5.41, 5.74) is 7.50. The molecular weight excluding hydrogens is 316 g/mol. The third-order valence-electron chi connectivity index (χ3n) is 3.04. The first-order valence-corrected chi connectivity index (χ1v) is 7.19. The number of anilines is 1. The topological polar surface area (TPSA) is 65.2 Å². The minimum atomic E-state index is -0.403.